The van der Waals surface area contributed by atoms with Gasteiger partial charge in [-0.1, -0.05) is 11.2 Å². The molecule has 1 fully saturated rings. The third kappa shape index (κ3) is 4.21. The van der Waals surface area contributed by atoms with Gasteiger partial charge in [0.25, 0.3) is 0 Å². The summed E-state index contributed by atoms with van der Waals surface area (Å²) in [5.74, 6) is 1.85. The molecule has 3 rings (SSSR count). The smallest absolute Gasteiger partial charge is 0.226 e. The van der Waals surface area contributed by atoms with E-state index in [4.69, 9.17) is 10.3 Å². The molecule has 0 spiro atoms. The summed E-state index contributed by atoms with van der Waals surface area (Å²) in [7, 11) is 0. The SMILES string of the molecule is CC(N)C1CCCN(C(=O)CCCc2nc(-c3cccs3)no2)C1. The first-order valence-electron chi connectivity index (χ1n) is 8.53. The molecule has 3 heterocycles. The van der Waals surface area contributed by atoms with Crippen molar-refractivity contribution in [3.05, 3.63) is 23.4 Å². The summed E-state index contributed by atoms with van der Waals surface area (Å²) in [6.07, 6.45) is 4.04. The third-order valence-corrected chi connectivity index (χ3v) is 5.41. The fourth-order valence-electron chi connectivity index (χ4n) is 3.08. The van der Waals surface area contributed by atoms with Crippen LogP contribution in [0.1, 0.15) is 38.5 Å². The molecule has 0 radical (unpaired) electrons. The van der Waals surface area contributed by atoms with Crippen LogP contribution in [0.2, 0.25) is 0 Å². The summed E-state index contributed by atoms with van der Waals surface area (Å²) in [6.45, 7) is 3.67. The Morgan fingerprint density at radius 3 is 3.21 bits per heavy atom. The number of hydrogen-bond acceptors (Lipinski definition) is 6. The zero-order valence-corrected chi connectivity index (χ0v) is 14.8. The minimum absolute atomic E-state index is 0.148. The lowest BCUT2D eigenvalue weighted by Gasteiger charge is -2.34. The molecule has 130 valence electrons. The van der Waals surface area contributed by atoms with Crippen LogP contribution in [0.3, 0.4) is 0 Å². The number of carbonyl (C=O) groups excluding carboxylic acids is 1. The highest BCUT2D eigenvalue weighted by Crippen LogP contribution is 2.22. The quantitative estimate of drug-likeness (QED) is 0.867. The van der Waals surface area contributed by atoms with Gasteiger partial charge in [0.1, 0.15) is 0 Å². The first-order chi connectivity index (χ1) is 11.6. The van der Waals surface area contributed by atoms with Gasteiger partial charge in [0, 0.05) is 32.0 Å². The predicted molar refractivity (Wildman–Crippen MR) is 93.5 cm³/mol. The molecule has 2 unspecified atom stereocenters. The first-order valence-corrected chi connectivity index (χ1v) is 9.41. The summed E-state index contributed by atoms with van der Waals surface area (Å²) < 4.78 is 5.27. The minimum atomic E-state index is 0.148. The Morgan fingerprint density at radius 2 is 2.46 bits per heavy atom. The van der Waals surface area contributed by atoms with E-state index in [2.05, 4.69) is 10.1 Å². The van der Waals surface area contributed by atoms with Crippen molar-refractivity contribution in [1.29, 1.82) is 0 Å². The van der Waals surface area contributed by atoms with Crippen LogP contribution in [0.25, 0.3) is 10.7 Å². The number of aryl methyl sites for hydroxylation is 1. The molecule has 2 atom stereocenters. The average Bonchev–Trinajstić information content (AvgIpc) is 3.26. The van der Waals surface area contributed by atoms with Gasteiger partial charge in [0.15, 0.2) is 0 Å². The molecule has 1 amide bonds. The fraction of sp³-hybridized carbons (Fsp3) is 0.588. The molecule has 0 bridgehead atoms. The predicted octanol–water partition coefficient (Wildman–Crippen LogP) is 2.71. The Morgan fingerprint density at radius 1 is 1.58 bits per heavy atom. The van der Waals surface area contributed by atoms with Crippen molar-refractivity contribution >= 4 is 17.2 Å². The maximum atomic E-state index is 12.4. The van der Waals surface area contributed by atoms with E-state index in [0.29, 0.717) is 30.5 Å². The van der Waals surface area contributed by atoms with Crippen molar-refractivity contribution < 1.29 is 9.32 Å². The molecule has 7 heteroatoms. The van der Waals surface area contributed by atoms with Crippen molar-refractivity contribution in [2.45, 2.75) is 45.1 Å². The fourth-order valence-corrected chi connectivity index (χ4v) is 3.73. The normalized spacial score (nSPS) is 19.4. The number of hydrogen-bond donors (Lipinski definition) is 1. The number of amides is 1. The van der Waals surface area contributed by atoms with Crippen molar-refractivity contribution in [3.63, 3.8) is 0 Å². The number of piperidine rings is 1. The molecule has 6 nitrogen and oxygen atoms in total. The highest BCUT2D eigenvalue weighted by molar-refractivity contribution is 7.13. The zero-order chi connectivity index (χ0) is 16.9. The zero-order valence-electron chi connectivity index (χ0n) is 14.0. The number of nitrogens with zero attached hydrogens (tertiary/aromatic N) is 3. The highest BCUT2D eigenvalue weighted by atomic mass is 32.1. The lowest BCUT2D eigenvalue weighted by atomic mass is 9.92. The van der Waals surface area contributed by atoms with Gasteiger partial charge in [-0.2, -0.15) is 4.98 Å². The van der Waals surface area contributed by atoms with Crippen molar-refractivity contribution in [1.82, 2.24) is 15.0 Å². The second-order valence-electron chi connectivity index (χ2n) is 6.44. The first kappa shape index (κ1) is 17.1. The highest BCUT2D eigenvalue weighted by Gasteiger charge is 2.25. The van der Waals surface area contributed by atoms with Crippen molar-refractivity contribution in [2.75, 3.05) is 13.1 Å². The molecule has 0 aliphatic carbocycles. The van der Waals surface area contributed by atoms with Crippen LogP contribution in [0.15, 0.2) is 22.0 Å². The number of aromatic nitrogens is 2. The van der Waals surface area contributed by atoms with E-state index in [0.717, 1.165) is 37.2 Å². The molecule has 24 heavy (non-hydrogen) atoms. The maximum absolute atomic E-state index is 12.4. The Balaban J connectivity index is 1.45. The van der Waals surface area contributed by atoms with E-state index in [9.17, 15) is 4.79 Å². The molecule has 1 aliphatic heterocycles. The van der Waals surface area contributed by atoms with Crippen molar-refractivity contribution in [3.8, 4) is 10.7 Å². The Labute approximate surface area is 146 Å². The molecule has 2 N–H and O–H groups in total. The van der Waals surface area contributed by atoms with Crippen molar-refractivity contribution in [2.24, 2.45) is 11.7 Å². The number of rotatable bonds is 6. The van der Waals surface area contributed by atoms with Crippen LogP contribution in [0.5, 0.6) is 0 Å². The van der Waals surface area contributed by atoms with E-state index < -0.39 is 0 Å². The Hall–Kier alpha value is -1.73. The third-order valence-electron chi connectivity index (χ3n) is 4.55. The van der Waals surface area contributed by atoms with E-state index >= 15 is 0 Å². The lowest BCUT2D eigenvalue weighted by Crippen LogP contribution is -2.45. The van der Waals surface area contributed by atoms with Gasteiger partial charge in [-0.05, 0) is 43.6 Å². The van der Waals surface area contributed by atoms with E-state index in [1.165, 1.54) is 0 Å². The van der Waals surface area contributed by atoms with Gasteiger partial charge in [0.2, 0.25) is 17.6 Å². The monoisotopic (exact) mass is 348 g/mol. The van der Waals surface area contributed by atoms with E-state index in [-0.39, 0.29) is 11.9 Å². The molecule has 2 aromatic rings. The van der Waals surface area contributed by atoms with Crippen LogP contribution in [-0.2, 0) is 11.2 Å². The molecule has 0 aromatic carbocycles. The number of nitrogens with two attached hydrogens (primary N) is 1. The summed E-state index contributed by atoms with van der Waals surface area (Å²) >= 11 is 1.58. The van der Waals surface area contributed by atoms with Gasteiger partial charge >= 0.3 is 0 Å². The Bertz CT molecular complexity index is 653. The van der Waals surface area contributed by atoms with Crippen LogP contribution in [-0.4, -0.2) is 40.1 Å². The standard InChI is InChI=1S/C17H24N4O2S/c1-12(18)13-5-3-9-21(11-13)16(22)8-2-7-15-19-17(20-23-15)14-6-4-10-24-14/h4,6,10,12-13H,2-3,5,7-9,11,18H2,1H3. The molecule has 1 saturated heterocycles. The van der Waals surface area contributed by atoms with Gasteiger partial charge in [0.05, 0.1) is 4.88 Å². The Kier molecular flexibility index (Phi) is 5.63. The summed E-state index contributed by atoms with van der Waals surface area (Å²) in [6, 6.07) is 4.08. The maximum Gasteiger partial charge on any atom is 0.226 e. The van der Waals surface area contributed by atoms with Gasteiger partial charge < -0.3 is 15.2 Å². The number of carbonyl (C=O) groups is 1. The molecule has 1 aliphatic rings. The number of likely N-dealkylation sites (tertiary alicyclic amines) is 1. The second-order valence-corrected chi connectivity index (χ2v) is 7.39. The van der Waals surface area contributed by atoms with Crippen LogP contribution in [0.4, 0.5) is 0 Å². The van der Waals surface area contributed by atoms with Gasteiger partial charge in [-0.3, -0.25) is 4.79 Å². The average molecular weight is 348 g/mol. The van der Waals surface area contributed by atoms with Gasteiger partial charge in [-0.15, -0.1) is 11.3 Å². The molecular formula is C17H24N4O2S. The van der Waals surface area contributed by atoms with E-state index in [1.54, 1.807) is 11.3 Å². The number of thiophene rings is 1. The van der Waals surface area contributed by atoms with Crippen LogP contribution in [0, 0.1) is 5.92 Å². The van der Waals surface area contributed by atoms with E-state index in [1.807, 2.05) is 29.3 Å². The van der Waals surface area contributed by atoms with Crippen LogP contribution < -0.4 is 5.73 Å². The van der Waals surface area contributed by atoms with Crippen LogP contribution >= 0.6 is 11.3 Å². The van der Waals surface area contributed by atoms with Gasteiger partial charge in [-0.25, -0.2) is 0 Å². The topological polar surface area (TPSA) is 85.2 Å². The minimum Gasteiger partial charge on any atom is -0.342 e. The summed E-state index contributed by atoms with van der Waals surface area (Å²) in [4.78, 5) is 19.7. The second kappa shape index (κ2) is 7.90. The molecular weight excluding hydrogens is 324 g/mol. The summed E-state index contributed by atoms with van der Waals surface area (Å²) in [5.41, 5.74) is 5.98. The molecule has 2 aromatic heterocycles. The summed E-state index contributed by atoms with van der Waals surface area (Å²) in [5, 5.41) is 5.97. The lowest BCUT2D eigenvalue weighted by molar-refractivity contribution is -0.133. The largest absolute Gasteiger partial charge is 0.342 e. The molecule has 0 saturated carbocycles.